The van der Waals surface area contributed by atoms with Crippen LogP contribution in [-0.4, -0.2) is 28.9 Å². The molecule has 5 rings (SSSR count). The number of benzene rings is 2. The van der Waals surface area contributed by atoms with E-state index in [1.807, 2.05) is 26.0 Å². The van der Waals surface area contributed by atoms with Crippen molar-refractivity contribution in [1.29, 1.82) is 0 Å². The number of carbonyl (C=O) groups is 2. The third-order valence-electron chi connectivity index (χ3n) is 5.65. The lowest BCUT2D eigenvalue weighted by Crippen LogP contribution is -2.30. The van der Waals surface area contributed by atoms with Crippen molar-refractivity contribution in [3.8, 4) is 5.75 Å². The molecule has 0 spiro atoms. The number of rotatable bonds is 5. The average Bonchev–Trinajstić information content (AvgIpc) is 3.53. The summed E-state index contributed by atoms with van der Waals surface area (Å²) in [5.41, 5.74) is 3.65. The summed E-state index contributed by atoms with van der Waals surface area (Å²) in [6.45, 7) is 3.99. The zero-order chi connectivity index (χ0) is 23.3. The van der Waals surface area contributed by atoms with Crippen molar-refractivity contribution in [2.75, 3.05) is 12.0 Å². The highest BCUT2D eigenvalue weighted by Crippen LogP contribution is 2.45. The Hall–Kier alpha value is -3.49. The van der Waals surface area contributed by atoms with E-state index in [2.05, 4.69) is 0 Å². The molecule has 166 valence electrons. The number of aliphatic hydroxyl groups excluding tert-OH is 1. The number of aromatic nitrogens is 1. The van der Waals surface area contributed by atoms with Crippen LogP contribution >= 0.6 is 22.7 Å². The van der Waals surface area contributed by atoms with Gasteiger partial charge in [0.15, 0.2) is 10.9 Å². The molecule has 0 bridgehead atoms. The maximum atomic E-state index is 13.4. The van der Waals surface area contributed by atoms with Crippen LogP contribution in [0.1, 0.15) is 32.4 Å². The van der Waals surface area contributed by atoms with Crippen molar-refractivity contribution < 1.29 is 19.4 Å². The van der Waals surface area contributed by atoms with Crippen molar-refractivity contribution in [1.82, 2.24) is 4.98 Å². The van der Waals surface area contributed by atoms with E-state index < -0.39 is 17.7 Å². The molecule has 6 nitrogen and oxygen atoms in total. The first-order valence-electron chi connectivity index (χ1n) is 10.3. The van der Waals surface area contributed by atoms with Gasteiger partial charge in [-0.05, 0) is 60.2 Å². The Morgan fingerprint density at radius 1 is 1.15 bits per heavy atom. The van der Waals surface area contributed by atoms with Crippen LogP contribution < -0.4 is 9.64 Å². The predicted molar refractivity (Wildman–Crippen MR) is 131 cm³/mol. The van der Waals surface area contributed by atoms with Gasteiger partial charge in [-0.1, -0.05) is 35.6 Å². The van der Waals surface area contributed by atoms with E-state index in [9.17, 15) is 14.7 Å². The second-order valence-corrected chi connectivity index (χ2v) is 9.80. The van der Waals surface area contributed by atoms with E-state index in [1.54, 1.807) is 48.9 Å². The molecule has 1 unspecified atom stereocenters. The van der Waals surface area contributed by atoms with Gasteiger partial charge in [0.25, 0.3) is 5.91 Å². The zero-order valence-electron chi connectivity index (χ0n) is 18.2. The SMILES string of the molecule is COc1ccc(C2C(C(=O)c3cccs3)=C(O)C(=O)N2c2nc3c(C)cc(C)cc3s2)cc1. The molecule has 1 amide bonds. The minimum atomic E-state index is -0.806. The summed E-state index contributed by atoms with van der Waals surface area (Å²) in [7, 11) is 1.57. The summed E-state index contributed by atoms with van der Waals surface area (Å²) < 4.78 is 6.21. The van der Waals surface area contributed by atoms with Gasteiger partial charge in [-0.25, -0.2) is 4.98 Å². The number of ketones is 1. The van der Waals surface area contributed by atoms with Gasteiger partial charge in [0.1, 0.15) is 5.75 Å². The molecule has 4 aromatic rings. The van der Waals surface area contributed by atoms with Gasteiger partial charge in [-0.15, -0.1) is 11.3 Å². The number of thiophene rings is 1. The van der Waals surface area contributed by atoms with Crippen LogP contribution in [0.25, 0.3) is 10.2 Å². The van der Waals surface area contributed by atoms with Crippen molar-refractivity contribution >= 4 is 49.7 Å². The first-order chi connectivity index (χ1) is 15.9. The van der Waals surface area contributed by atoms with Gasteiger partial charge >= 0.3 is 0 Å². The molecule has 8 heteroatoms. The number of aliphatic hydroxyl groups is 1. The summed E-state index contributed by atoms with van der Waals surface area (Å²) in [6.07, 6.45) is 0. The molecular formula is C25H20N2O4S2. The Labute approximate surface area is 198 Å². The van der Waals surface area contributed by atoms with Crippen molar-refractivity contribution in [3.63, 3.8) is 0 Å². The first-order valence-corrected chi connectivity index (χ1v) is 11.9. The van der Waals surface area contributed by atoms with Gasteiger partial charge in [0.2, 0.25) is 5.78 Å². The smallest absolute Gasteiger partial charge is 0.296 e. The monoisotopic (exact) mass is 476 g/mol. The molecule has 0 radical (unpaired) electrons. The Kier molecular flexibility index (Phi) is 5.26. The van der Waals surface area contributed by atoms with E-state index in [4.69, 9.17) is 9.72 Å². The lowest BCUT2D eigenvalue weighted by molar-refractivity contribution is -0.117. The first kappa shape index (κ1) is 21.4. The Balaban J connectivity index is 1.69. The predicted octanol–water partition coefficient (Wildman–Crippen LogP) is 5.77. The molecule has 1 aliphatic rings. The number of hydrogen-bond donors (Lipinski definition) is 1. The average molecular weight is 477 g/mol. The number of nitrogens with zero attached hydrogens (tertiary/aromatic N) is 2. The van der Waals surface area contributed by atoms with E-state index in [-0.39, 0.29) is 11.4 Å². The largest absolute Gasteiger partial charge is 0.503 e. The lowest BCUT2D eigenvalue weighted by Gasteiger charge is -2.24. The summed E-state index contributed by atoms with van der Waals surface area (Å²) in [5.74, 6) is -0.891. The van der Waals surface area contributed by atoms with Crippen LogP contribution in [0.2, 0.25) is 0 Å². The van der Waals surface area contributed by atoms with Gasteiger partial charge in [-0.2, -0.15) is 0 Å². The summed E-state index contributed by atoms with van der Waals surface area (Å²) in [4.78, 5) is 33.4. The Bertz CT molecular complexity index is 1420. The van der Waals surface area contributed by atoms with E-state index in [0.717, 1.165) is 21.3 Å². The number of fused-ring (bicyclic) bond motifs is 1. The summed E-state index contributed by atoms with van der Waals surface area (Å²) in [6, 6.07) is 13.9. The molecule has 2 aromatic heterocycles. The van der Waals surface area contributed by atoms with E-state index in [1.165, 1.54) is 27.6 Å². The summed E-state index contributed by atoms with van der Waals surface area (Å²) in [5, 5.41) is 13.1. The molecule has 0 saturated heterocycles. The molecule has 33 heavy (non-hydrogen) atoms. The number of methoxy groups -OCH3 is 1. The van der Waals surface area contributed by atoms with Crippen molar-refractivity contribution in [3.05, 3.63) is 86.8 Å². The second-order valence-electron chi connectivity index (χ2n) is 7.84. The Morgan fingerprint density at radius 2 is 1.91 bits per heavy atom. The zero-order valence-corrected chi connectivity index (χ0v) is 19.8. The second kappa shape index (κ2) is 8.13. The number of anilines is 1. The summed E-state index contributed by atoms with van der Waals surface area (Å²) >= 11 is 2.64. The van der Waals surface area contributed by atoms with E-state index in [0.29, 0.717) is 21.3 Å². The van der Waals surface area contributed by atoms with Crippen LogP contribution in [-0.2, 0) is 4.79 Å². The molecule has 0 fully saturated rings. The van der Waals surface area contributed by atoms with Gasteiger partial charge in [0, 0.05) is 0 Å². The quantitative estimate of drug-likeness (QED) is 0.370. The molecule has 3 heterocycles. The number of hydrogen-bond acceptors (Lipinski definition) is 7. The maximum absolute atomic E-state index is 13.4. The van der Waals surface area contributed by atoms with Gasteiger partial charge in [0.05, 0.1) is 33.8 Å². The fourth-order valence-electron chi connectivity index (χ4n) is 4.14. The molecule has 1 N–H and O–H groups in total. The number of aryl methyl sites for hydroxylation is 2. The molecule has 1 atom stereocenters. The fraction of sp³-hybridized carbons (Fsp3) is 0.160. The van der Waals surface area contributed by atoms with Crippen molar-refractivity contribution in [2.24, 2.45) is 0 Å². The minimum absolute atomic E-state index is 0.0553. The van der Waals surface area contributed by atoms with Crippen LogP contribution in [0.3, 0.4) is 0 Å². The number of Topliss-reactive ketones (excluding diaryl/α,β-unsaturated/α-hetero) is 1. The van der Waals surface area contributed by atoms with Crippen LogP contribution in [0.15, 0.2) is 65.2 Å². The molecular weight excluding hydrogens is 456 g/mol. The lowest BCUT2D eigenvalue weighted by atomic mass is 9.95. The standard InChI is InChI=1S/C25H20N2O4S2/c1-13-11-14(2)20-18(12-13)33-25(26-20)27-21(15-6-8-16(31-3)9-7-15)19(23(29)24(27)30)22(28)17-5-4-10-32-17/h4-12,21,29H,1-3H3. The van der Waals surface area contributed by atoms with Gasteiger partial charge in [-0.3, -0.25) is 14.5 Å². The topological polar surface area (TPSA) is 79.7 Å². The number of amides is 1. The van der Waals surface area contributed by atoms with Crippen molar-refractivity contribution in [2.45, 2.75) is 19.9 Å². The highest BCUT2D eigenvalue weighted by Gasteiger charge is 2.46. The third kappa shape index (κ3) is 3.51. The minimum Gasteiger partial charge on any atom is -0.503 e. The number of carbonyl (C=O) groups excluding carboxylic acids is 2. The molecule has 2 aromatic carbocycles. The Morgan fingerprint density at radius 3 is 2.58 bits per heavy atom. The maximum Gasteiger partial charge on any atom is 0.296 e. The fourth-order valence-corrected chi connectivity index (χ4v) is 5.98. The highest BCUT2D eigenvalue weighted by molar-refractivity contribution is 7.22. The van der Waals surface area contributed by atoms with Crippen LogP contribution in [0.5, 0.6) is 5.75 Å². The number of ether oxygens (including phenoxy) is 1. The normalized spacial score (nSPS) is 16.2. The molecule has 1 aliphatic heterocycles. The highest BCUT2D eigenvalue weighted by atomic mass is 32.1. The number of thiazole rings is 1. The molecule has 0 aliphatic carbocycles. The van der Waals surface area contributed by atoms with Crippen LogP contribution in [0.4, 0.5) is 5.13 Å². The molecule has 0 saturated carbocycles. The van der Waals surface area contributed by atoms with Crippen LogP contribution in [0, 0.1) is 13.8 Å². The van der Waals surface area contributed by atoms with E-state index >= 15 is 0 Å². The van der Waals surface area contributed by atoms with Gasteiger partial charge < -0.3 is 9.84 Å². The third-order valence-corrected chi connectivity index (χ3v) is 7.52.